The number of aliphatic hydroxyl groups is 1. The summed E-state index contributed by atoms with van der Waals surface area (Å²) in [7, 11) is 0. The molecular formula is C14H24N2O. The number of benzene rings is 1. The molecule has 0 aliphatic rings. The van der Waals surface area contributed by atoms with Gasteiger partial charge in [-0.25, -0.2) is 0 Å². The zero-order valence-corrected chi connectivity index (χ0v) is 11.2. The van der Waals surface area contributed by atoms with Crippen molar-refractivity contribution in [3.63, 3.8) is 0 Å². The van der Waals surface area contributed by atoms with Gasteiger partial charge in [-0.3, -0.25) is 0 Å². The molecule has 1 rings (SSSR count). The third-order valence-electron chi connectivity index (χ3n) is 2.88. The standard InChI is InChI=1S/C14H24N2O/c1-10-7-11(14(2,3)4)5-6-13(10)16-8-12(15)9-17/h5-7,12,16-17H,8-9,15H2,1-4H3. The van der Waals surface area contributed by atoms with Crippen LogP contribution in [0.2, 0.25) is 0 Å². The lowest BCUT2D eigenvalue weighted by molar-refractivity contribution is 0.270. The van der Waals surface area contributed by atoms with Crippen LogP contribution in [0.1, 0.15) is 31.9 Å². The van der Waals surface area contributed by atoms with Crippen LogP contribution in [-0.4, -0.2) is 24.3 Å². The van der Waals surface area contributed by atoms with E-state index in [-0.39, 0.29) is 18.1 Å². The summed E-state index contributed by atoms with van der Waals surface area (Å²) in [6, 6.07) is 6.21. The lowest BCUT2D eigenvalue weighted by Crippen LogP contribution is -2.32. The second-order valence-corrected chi connectivity index (χ2v) is 5.60. The molecule has 0 fully saturated rings. The molecular weight excluding hydrogens is 212 g/mol. The molecule has 0 bridgehead atoms. The summed E-state index contributed by atoms with van der Waals surface area (Å²) in [5.74, 6) is 0. The lowest BCUT2D eigenvalue weighted by Gasteiger charge is -2.21. The third-order valence-corrected chi connectivity index (χ3v) is 2.88. The molecule has 0 aliphatic carbocycles. The molecule has 0 saturated heterocycles. The number of aliphatic hydroxyl groups excluding tert-OH is 1. The Kier molecular flexibility index (Phi) is 4.54. The van der Waals surface area contributed by atoms with Crippen LogP contribution in [0, 0.1) is 6.92 Å². The van der Waals surface area contributed by atoms with Gasteiger partial charge >= 0.3 is 0 Å². The quantitative estimate of drug-likeness (QED) is 0.749. The van der Waals surface area contributed by atoms with Gasteiger partial charge in [-0.05, 0) is 29.5 Å². The average molecular weight is 236 g/mol. The van der Waals surface area contributed by atoms with Crippen molar-refractivity contribution in [2.45, 2.75) is 39.2 Å². The predicted octanol–water partition coefficient (Wildman–Crippen LogP) is 2.02. The van der Waals surface area contributed by atoms with E-state index in [1.54, 1.807) is 0 Å². The SMILES string of the molecule is Cc1cc(C(C)(C)C)ccc1NCC(N)CO. The monoisotopic (exact) mass is 236 g/mol. The van der Waals surface area contributed by atoms with Gasteiger partial charge in [0.25, 0.3) is 0 Å². The highest BCUT2D eigenvalue weighted by molar-refractivity contribution is 5.53. The van der Waals surface area contributed by atoms with Crippen LogP contribution in [0.25, 0.3) is 0 Å². The Morgan fingerprint density at radius 3 is 2.47 bits per heavy atom. The lowest BCUT2D eigenvalue weighted by atomic mass is 9.86. The van der Waals surface area contributed by atoms with E-state index in [1.807, 2.05) is 0 Å². The molecule has 1 atom stereocenters. The van der Waals surface area contributed by atoms with Gasteiger partial charge in [0.1, 0.15) is 0 Å². The molecule has 0 aromatic heterocycles. The van der Waals surface area contributed by atoms with Crippen LogP contribution in [0.15, 0.2) is 18.2 Å². The zero-order valence-electron chi connectivity index (χ0n) is 11.2. The fourth-order valence-corrected chi connectivity index (χ4v) is 1.63. The summed E-state index contributed by atoms with van der Waals surface area (Å²) in [5.41, 5.74) is 9.45. The Hall–Kier alpha value is -1.06. The smallest absolute Gasteiger partial charge is 0.0599 e. The van der Waals surface area contributed by atoms with Crippen molar-refractivity contribution in [2.75, 3.05) is 18.5 Å². The summed E-state index contributed by atoms with van der Waals surface area (Å²) < 4.78 is 0. The number of hydrogen-bond donors (Lipinski definition) is 3. The van der Waals surface area contributed by atoms with Crippen LogP contribution in [0.3, 0.4) is 0 Å². The fourth-order valence-electron chi connectivity index (χ4n) is 1.63. The highest BCUT2D eigenvalue weighted by Crippen LogP contribution is 2.26. The van der Waals surface area contributed by atoms with Gasteiger partial charge in [0, 0.05) is 18.3 Å². The molecule has 4 N–H and O–H groups in total. The van der Waals surface area contributed by atoms with Crippen molar-refractivity contribution >= 4 is 5.69 Å². The highest BCUT2D eigenvalue weighted by Gasteiger charge is 2.14. The molecule has 0 amide bonds. The summed E-state index contributed by atoms with van der Waals surface area (Å²) in [5, 5.41) is 12.1. The van der Waals surface area contributed by atoms with Crippen molar-refractivity contribution < 1.29 is 5.11 Å². The van der Waals surface area contributed by atoms with E-state index in [2.05, 4.69) is 51.2 Å². The van der Waals surface area contributed by atoms with Crippen molar-refractivity contribution in [2.24, 2.45) is 5.73 Å². The van der Waals surface area contributed by atoms with E-state index < -0.39 is 0 Å². The van der Waals surface area contributed by atoms with E-state index in [1.165, 1.54) is 11.1 Å². The van der Waals surface area contributed by atoms with E-state index in [4.69, 9.17) is 10.8 Å². The largest absolute Gasteiger partial charge is 0.395 e. The van der Waals surface area contributed by atoms with Gasteiger partial charge in [0.2, 0.25) is 0 Å². The van der Waals surface area contributed by atoms with Gasteiger partial charge in [-0.2, -0.15) is 0 Å². The van der Waals surface area contributed by atoms with Crippen LogP contribution < -0.4 is 11.1 Å². The van der Waals surface area contributed by atoms with Crippen LogP contribution in [0.5, 0.6) is 0 Å². The second kappa shape index (κ2) is 5.52. The molecule has 0 radical (unpaired) electrons. The number of aryl methyl sites for hydroxylation is 1. The molecule has 1 aromatic carbocycles. The fraction of sp³-hybridized carbons (Fsp3) is 0.571. The van der Waals surface area contributed by atoms with Crippen LogP contribution in [0.4, 0.5) is 5.69 Å². The minimum atomic E-state index is -0.211. The average Bonchev–Trinajstić information content (AvgIpc) is 2.25. The van der Waals surface area contributed by atoms with E-state index in [0.717, 1.165) is 5.69 Å². The van der Waals surface area contributed by atoms with Crippen molar-refractivity contribution in [1.82, 2.24) is 0 Å². The topological polar surface area (TPSA) is 58.3 Å². The Balaban J connectivity index is 2.77. The van der Waals surface area contributed by atoms with E-state index >= 15 is 0 Å². The molecule has 0 heterocycles. The molecule has 0 aliphatic heterocycles. The van der Waals surface area contributed by atoms with E-state index in [0.29, 0.717) is 6.54 Å². The van der Waals surface area contributed by atoms with Crippen LogP contribution >= 0.6 is 0 Å². The summed E-state index contributed by atoms with van der Waals surface area (Å²) in [4.78, 5) is 0. The molecule has 3 heteroatoms. The second-order valence-electron chi connectivity index (χ2n) is 5.60. The minimum absolute atomic E-state index is 0.00607. The zero-order chi connectivity index (χ0) is 13.1. The van der Waals surface area contributed by atoms with Crippen molar-refractivity contribution in [3.8, 4) is 0 Å². The molecule has 0 saturated carbocycles. The number of rotatable bonds is 4. The summed E-state index contributed by atoms with van der Waals surface area (Å²) in [6.45, 7) is 9.30. The first kappa shape index (κ1) is 14.0. The van der Waals surface area contributed by atoms with Gasteiger partial charge < -0.3 is 16.2 Å². The summed E-state index contributed by atoms with van der Waals surface area (Å²) in [6.07, 6.45) is 0. The minimum Gasteiger partial charge on any atom is -0.395 e. The number of nitrogens with two attached hydrogens (primary N) is 1. The number of nitrogens with one attached hydrogen (secondary N) is 1. The first-order valence-electron chi connectivity index (χ1n) is 6.06. The summed E-state index contributed by atoms with van der Waals surface area (Å²) >= 11 is 0. The van der Waals surface area contributed by atoms with Gasteiger partial charge in [0.15, 0.2) is 0 Å². The number of hydrogen-bond acceptors (Lipinski definition) is 3. The molecule has 96 valence electrons. The molecule has 17 heavy (non-hydrogen) atoms. The Morgan fingerprint density at radius 2 is 2.00 bits per heavy atom. The maximum absolute atomic E-state index is 8.87. The van der Waals surface area contributed by atoms with Gasteiger partial charge in [-0.15, -0.1) is 0 Å². The first-order chi connectivity index (χ1) is 7.84. The maximum atomic E-state index is 8.87. The number of anilines is 1. The van der Waals surface area contributed by atoms with Crippen molar-refractivity contribution in [1.29, 1.82) is 0 Å². The highest BCUT2D eigenvalue weighted by atomic mass is 16.3. The molecule has 1 aromatic rings. The third kappa shape index (κ3) is 4.02. The van der Waals surface area contributed by atoms with Crippen LogP contribution in [-0.2, 0) is 5.41 Å². The molecule has 0 spiro atoms. The molecule has 1 unspecified atom stereocenters. The first-order valence-corrected chi connectivity index (χ1v) is 6.06. The van der Waals surface area contributed by atoms with E-state index in [9.17, 15) is 0 Å². The Morgan fingerprint density at radius 1 is 1.35 bits per heavy atom. The van der Waals surface area contributed by atoms with Gasteiger partial charge in [-0.1, -0.05) is 32.9 Å². The Labute approximate surface area is 104 Å². The van der Waals surface area contributed by atoms with Gasteiger partial charge in [0.05, 0.1) is 6.61 Å². The van der Waals surface area contributed by atoms with Crippen molar-refractivity contribution in [3.05, 3.63) is 29.3 Å². The normalized spacial score (nSPS) is 13.5. The predicted molar refractivity (Wildman–Crippen MR) is 73.4 cm³/mol. The Bertz CT molecular complexity index is 369. The maximum Gasteiger partial charge on any atom is 0.0599 e. The molecule has 3 nitrogen and oxygen atoms in total.